The zero-order chi connectivity index (χ0) is 19.6. The maximum absolute atomic E-state index is 13.9. The molecule has 1 aliphatic rings. The van der Waals surface area contributed by atoms with Crippen LogP contribution in [0, 0.1) is 12.7 Å². The van der Waals surface area contributed by atoms with E-state index in [4.69, 9.17) is 0 Å². The molecule has 1 heterocycles. The highest BCUT2D eigenvalue weighted by Crippen LogP contribution is 2.33. The highest BCUT2D eigenvalue weighted by molar-refractivity contribution is 8.19. The molecule has 0 radical (unpaired) electrons. The molecule has 0 atom stereocenters. The number of benzene rings is 2. The lowest BCUT2D eigenvalue weighted by Crippen LogP contribution is -2.29. The Morgan fingerprint density at radius 2 is 1.81 bits per heavy atom. The van der Waals surface area contributed by atoms with Gasteiger partial charge in [0.05, 0.1) is 9.80 Å². The van der Waals surface area contributed by atoms with E-state index in [1.54, 1.807) is 37.3 Å². The quantitative estimate of drug-likeness (QED) is 0.727. The minimum atomic E-state index is -3.96. The van der Waals surface area contributed by atoms with Gasteiger partial charge in [-0.2, -0.15) is 8.42 Å². The van der Waals surface area contributed by atoms with Crippen molar-refractivity contribution in [1.82, 2.24) is 4.90 Å². The molecule has 2 aromatic rings. The van der Waals surface area contributed by atoms with E-state index in [1.807, 2.05) is 6.92 Å². The van der Waals surface area contributed by atoms with Crippen molar-refractivity contribution in [1.29, 1.82) is 0 Å². The summed E-state index contributed by atoms with van der Waals surface area (Å²) < 4.78 is 42.9. The molecule has 1 amide bonds. The van der Waals surface area contributed by atoms with Crippen LogP contribution in [0.4, 0.5) is 4.39 Å². The van der Waals surface area contributed by atoms with E-state index in [0.717, 1.165) is 17.3 Å². The van der Waals surface area contributed by atoms with Crippen molar-refractivity contribution in [2.45, 2.75) is 18.7 Å². The Hall–Kier alpha value is -2.45. The Balaban J connectivity index is 1.98. The number of aryl methyl sites for hydroxylation is 1. The normalized spacial score (nSPS) is 17.9. The fourth-order valence-electron chi connectivity index (χ4n) is 2.45. The van der Waals surface area contributed by atoms with E-state index in [9.17, 15) is 17.6 Å². The molecule has 0 unspecified atom stereocenters. The van der Waals surface area contributed by atoms with E-state index >= 15 is 0 Å². The summed E-state index contributed by atoms with van der Waals surface area (Å²) in [6, 6.07) is 12.4. The Morgan fingerprint density at radius 3 is 2.44 bits per heavy atom. The lowest BCUT2D eigenvalue weighted by Gasteiger charge is -2.12. The third-order valence-corrected chi connectivity index (χ3v) is 6.32. The van der Waals surface area contributed by atoms with Gasteiger partial charge >= 0.3 is 0 Å². The molecule has 0 N–H and O–H groups in total. The summed E-state index contributed by atoms with van der Waals surface area (Å²) in [7, 11) is -3.96. The Morgan fingerprint density at radius 1 is 1.15 bits per heavy atom. The molecule has 1 aliphatic heterocycles. The van der Waals surface area contributed by atoms with Crippen LogP contribution in [-0.2, 0) is 14.8 Å². The first kappa shape index (κ1) is 19.3. The number of carbonyl (C=O) groups excluding carboxylic acids is 1. The van der Waals surface area contributed by atoms with E-state index in [-0.39, 0.29) is 27.1 Å². The van der Waals surface area contributed by atoms with Gasteiger partial charge in [0.15, 0.2) is 5.17 Å². The van der Waals surface area contributed by atoms with Gasteiger partial charge in [-0.1, -0.05) is 35.9 Å². The molecule has 27 heavy (non-hydrogen) atoms. The number of thioether (sulfide) groups is 1. The van der Waals surface area contributed by atoms with Crippen LogP contribution < -0.4 is 0 Å². The summed E-state index contributed by atoms with van der Waals surface area (Å²) in [5.74, 6) is -0.859. The van der Waals surface area contributed by atoms with Crippen molar-refractivity contribution < 1.29 is 17.6 Å². The number of rotatable bonds is 4. The number of hydrogen-bond donors (Lipinski definition) is 0. The fraction of sp³-hybridized carbons (Fsp3) is 0.158. The second-order valence-electron chi connectivity index (χ2n) is 5.84. The second kappa shape index (κ2) is 7.66. The topological polar surface area (TPSA) is 66.8 Å². The Labute approximate surface area is 161 Å². The predicted octanol–water partition coefficient (Wildman–Crippen LogP) is 3.82. The Bertz CT molecular complexity index is 1040. The van der Waals surface area contributed by atoms with Crippen LogP contribution in [-0.4, -0.2) is 30.9 Å². The third-order valence-electron chi connectivity index (χ3n) is 3.91. The van der Waals surface area contributed by atoms with Gasteiger partial charge in [-0.3, -0.25) is 9.69 Å². The molecule has 3 rings (SSSR count). The first-order valence-electron chi connectivity index (χ1n) is 8.19. The molecule has 1 fully saturated rings. The molecule has 0 aromatic heterocycles. The summed E-state index contributed by atoms with van der Waals surface area (Å²) in [6.45, 7) is 3.83. The molecule has 0 bridgehead atoms. The molecule has 2 aromatic carbocycles. The standard InChI is InChI=1S/C19H17FN2O3S2/c1-3-22-18(23)17(12-14-6-4-5-7-16(14)20)26-19(22)21-27(24,25)15-10-8-13(2)9-11-15/h4-12H,3H2,1-2H3/b17-12-,21-19-. The highest BCUT2D eigenvalue weighted by atomic mass is 32.2. The molecule has 0 spiro atoms. The van der Waals surface area contributed by atoms with Gasteiger partial charge in [0.1, 0.15) is 5.82 Å². The van der Waals surface area contributed by atoms with Gasteiger partial charge in [-0.25, -0.2) is 4.39 Å². The van der Waals surface area contributed by atoms with Crippen LogP contribution in [0.1, 0.15) is 18.1 Å². The van der Waals surface area contributed by atoms with Crippen molar-refractivity contribution in [3.63, 3.8) is 0 Å². The summed E-state index contributed by atoms with van der Waals surface area (Å²) in [6.07, 6.45) is 1.41. The van der Waals surface area contributed by atoms with E-state index in [2.05, 4.69) is 4.40 Å². The lowest BCUT2D eigenvalue weighted by molar-refractivity contribution is -0.122. The van der Waals surface area contributed by atoms with Crippen molar-refractivity contribution in [3.8, 4) is 0 Å². The predicted molar refractivity (Wildman–Crippen MR) is 105 cm³/mol. The SMILES string of the molecule is CCN1C(=O)/C(=C/c2ccccc2F)S/C1=N\S(=O)(=O)c1ccc(C)cc1. The summed E-state index contributed by atoms with van der Waals surface area (Å²) >= 11 is 0.921. The number of likely N-dealkylation sites (N-methyl/N-ethyl adjacent to an activating group) is 1. The number of carbonyl (C=O) groups is 1. The third kappa shape index (κ3) is 4.12. The maximum atomic E-state index is 13.9. The van der Waals surface area contributed by atoms with Crippen LogP contribution >= 0.6 is 11.8 Å². The van der Waals surface area contributed by atoms with Gasteiger partial charge in [-0.05, 0) is 49.9 Å². The van der Waals surface area contributed by atoms with Crippen molar-refractivity contribution in [3.05, 3.63) is 70.4 Å². The zero-order valence-electron chi connectivity index (χ0n) is 14.7. The number of hydrogen-bond acceptors (Lipinski definition) is 4. The molecule has 5 nitrogen and oxygen atoms in total. The molecule has 8 heteroatoms. The van der Waals surface area contributed by atoms with E-state index in [1.165, 1.54) is 29.2 Å². The Kier molecular flexibility index (Phi) is 5.48. The van der Waals surface area contributed by atoms with Crippen molar-refractivity contribution in [2.75, 3.05) is 6.54 Å². The molecule has 0 aliphatic carbocycles. The van der Waals surface area contributed by atoms with Gasteiger partial charge in [0, 0.05) is 12.1 Å². The number of sulfonamides is 1. The van der Waals surface area contributed by atoms with Crippen LogP contribution in [0.25, 0.3) is 6.08 Å². The molecule has 0 saturated carbocycles. The van der Waals surface area contributed by atoms with Crippen molar-refractivity contribution >= 4 is 38.9 Å². The van der Waals surface area contributed by atoms with Crippen molar-refractivity contribution in [2.24, 2.45) is 4.40 Å². The van der Waals surface area contributed by atoms with Crippen LogP contribution in [0.2, 0.25) is 0 Å². The number of halogens is 1. The number of amidine groups is 1. The fourth-order valence-corrected chi connectivity index (χ4v) is 4.69. The van der Waals surface area contributed by atoms with Gasteiger partial charge < -0.3 is 0 Å². The highest BCUT2D eigenvalue weighted by Gasteiger charge is 2.34. The van der Waals surface area contributed by atoms with Crippen LogP contribution in [0.15, 0.2) is 62.7 Å². The number of amides is 1. The lowest BCUT2D eigenvalue weighted by atomic mass is 10.2. The average molecular weight is 404 g/mol. The van der Waals surface area contributed by atoms with Gasteiger partial charge in [0.25, 0.3) is 15.9 Å². The summed E-state index contributed by atoms with van der Waals surface area (Å²) in [5, 5.41) is 0.0608. The molecular formula is C19H17FN2O3S2. The average Bonchev–Trinajstić information content (AvgIpc) is 2.91. The van der Waals surface area contributed by atoms with Gasteiger partial charge in [0.2, 0.25) is 0 Å². The minimum Gasteiger partial charge on any atom is -0.286 e. The molecular weight excluding hydrogens is 387 g/mol. The molecule has 140 valence electrons. The smallest absolute Gasteiger partial charge is 0.284 e. The second-order valence-corrected chi connectivity index (χ2v) is 8.46. The van der Waals surface area contributed by atoms with E-state index < -0.39 is 21.7 Å². The first-order chi connectivity index (χ1) is 12.8. The summed E-state index contributed by atoms with van der Waals surface area (Å²) in [4.78, 5) is 14.1. The maximum Gasteiger partial charge on any atom is 0.284 e. The minimum absolute atomic E-state index is 0.0521. The molecule has 1 saturated heterocycles. The first-order valence-corrected chi connectivity index (χ1v) is 10.4. The van der Waals surface area contributed by atoms with E-state index in [0.29, 0.717) is 0 Å². The van der Waals surface area contributed by atoms with Gasteiger partial charge in [-0.15, -0.1) is 4.40 Å². The zero-order valence-corrected chi connectivity index (χ0v) is 16.3. The van der Waals surface area contributed by atoms with Crippen LogP contribution in [0.3, 0.4) is 0 Å². The number of nitrogens with zero attached hydrogens (tertiary/aromatic N) is 2. The summed E-state index contributed by atoms with van der Waals surface area (Å²) in [5.41, 5.74) is 1.18. The van der Waals surface area contributed by atoms with Crippen LogP contribution in [0.5, 0.6) is 0 Å². The largest absolute Gasteiger partial charge is 0.286 e. The monoisotopic (exact) mass is 404 g/mol.